The molecule has 0 radical (unpaired) electrons. The maximum Gasteiger partial charge on any atom is 0.236 e. The van der Waals surface area contributed by atoms with Crippen LogP contribution in [0, 0.1) is 0 Å². The van der Waals surface area contributed by atoms with Crippen LogP contribution >= 0.6 is 0 Å². The molecule has 1 heterocycles. The molecule has 0 saturated carbocycles. The van der Waals surface area contributed by atoms with E-state index in [9.17, 15) is 9.90 Å². The molecule has 0 aromatic heterocycles. The van der Waals surface area contributed by atoms with Crippen molar-refractivity contribution in [1.82, 2.24) is 10.2 Å². The Morgan fingerprint density at radius 3 is 2.61 bits per heavy atom. The van der Waals surface area contributed by atoms with Crippen molar-refractivity contribution in [2.75, 3.05) is 26.2 Å². The molecule has 0 spiro atoms. The van der Waals surface area contributed by atoms with Crippen LogP contribution in [0.3, 0.4) is 0 Å². The number of carbonyl (C=O) groups excluding carboxylic acids is 1. The zero-order chi connectivity index (χ0) is 14.0. The Labute approximate surface area is 109 Å². The Morgan fingerprint density at radius 2 is 2.11 bits per heavy atom. The summed E-state index contributed by atoms with van der Waals surface area (Å²) in [5.41, 5.74) is -0.475. The number of amides is 1. The molecule has 106 valence electrons. The van der Waals surface area contributed by atoms with E-state index in [1.165, 1.54) is 0 Å². The predicted octanol–water partition coefficient (Wildman–Crippen LogP) is 0.373. The summed E-state index contributed by atoms with van der Waals surface area (Å²) in [5.74, 6) is 0.0553. The van der Waals surface area contributed by atoms with Crippen molar-refractivity contribution < 1.29 is 14.6 Å². The minimum atomic E-state index is -0.400. The lowest BCUT2D eigenvalue weighted by Crippen LogP contribution is -2.57. The molecule has 1 atom stereocenters. The fraction of sp³-hybridized carbons (Fsp3) is 0.923. The third-order valence-corrected chi connectivity index (χ3v) is 2.81. The van der Waals surface area contributed by atoms with E-state index >= 15 is 0 Å². The van der Waals surface area contributed by atoms with Crippen molar-refractivity contribution in [2.24, 2.45) is 0 Å². The first-order valence-corrected chi connectivity index (χ1v) is 6.44. The van der Waals surface area contributed by atoms with Gasteiger partial charge in [0.15, 0.2) is 0 Å². The number of ether oxygens (including phenoxy) is 1. The van der Waals surface area contributed by atoms with Crippen molar-refractivity contribution in [3.05, 3.63) is 0 Å². The third kappa shape index (κ3) is 4.92. The molecule has 18 heavy (non-hydrogen) atoms. The van der Waals surface area contributed by atoms with E-state index in [0.717, 1.165) is 0 Å². The molecular formula is C13H26N2O3. The van der Waals surface area contributed by atoms with Crippen molar-refractivity contribution >= 4 is 5.91 Å². The van der Waals surface area contributed by atoms with Gasteiger partial charge < -0.3 is 20.1 Å². The van der Waals surface area contributed by atoms with Gasteiger partial charge in [0.05, 0.1) is 24.9 Å². The fourth-order valence-corrected chi connectivity index (χ4v) is 2.03. The van der Waals surface area contributed by atoms with E-state index in [-0.39, 0.29) is 24.2 Å². The van der Waals surface area contributed by atoms with Gasteiger partial charge in [0, 0.05) is 18.6 Å². The van der Waals surface area contributed by atoms with Gasteiger partial charge >= 0.3 is 0 Å². The lowest BCUT2D eigenvalue weighted by Gasteiger charge is -2.42. The van der Waals surface area contributed by atoms with Gasteiger partial charge in [-0.2, -0.15) is 0 Å². The first-order chi connectivity index (χ1) is 8.13. The molecule has 0 bridgehead atoms. The minimum Gasteiger partial charge on any atom is -0.394 e. The summed E-state index contributed by atoms with van der Waals surface area (Å²) in [7, 11) is 0. The summed E-state index contributed by atoms with van der Waals surface area (Å²) < 4.78 is 5.68. The standard InChI is InChI=1S/C13H26N2O3/c1-12(2,3)14-6-11(17)15-7-10(8-16)18-13(4,5)9-15/h10,14,16H,6-9H2,1-5H3. The van der Waals surface area contributed by atoms with E-state index in [0.29, 0.717) is 19.6 Å². The predicted molar refractivity (Wildman–Crippen MR) is 70.4 cm³/mol. The van der Waals surface area contributed by atoms with Crippen LogP contribution in [0.15, 0.2) is 0 Å². The average Bonchev–Trinajstić information content (AvgIpc) is 2.22. The molecule has 1 amide bonds. The smallest absolute Gasteiger partial charge is 0.236 e. The normalized spacial score (nSPS) is 24.1. The van der Waals surface area contributed by atoms with Gasteiger partial charge in [0.2, 0.25) is 5.91 Å². The number of hydrogen-bond acceptors (Lipinski definition) is 4. The fourth-order valence-electron chi connectivity index (χ4n) is 2.03. The number of morpholine rings is 1. The average molecular weight is 258 g/mol. The molecule has 0 aromatic rings. The van der Waals surface area contributed by atoms with Crippen molar-refractivity contribution in [3.8, 4) is 0 Å². The van der Waals surface area contributed by atoms with Crippen molar-refractivity contribution in [2.45, 2.75) is 51.9 Å². The number of nitrogens with zero attached hydrogens (tertiary/aromatic N) is 1. The highest BCUT2D eigenvalue weighted by Gasteiger charge is 2.35. The SMILES string of the molecule is CC(C)(C)NCC(=O)N1CC(CO)OC(C)(C)C1. The molecule has 5 nitrogen and oxygen atoms in total. The maximum atomic E-state index is 12.1. The number of carbonyl (C=O) groups is 1. The van der Waals surface area contributed by atoms with Gasteiger partial charge in [-0.25, -0.2) is 0 Å². The van der Waals surface area contributed by atoms with E-state index in [2.05, 4.69) is 5.32 Å². The molecule has 1 fully saturated rings. The van der Waals surface area contributed by atoms with Gasteiger partial charge in [0.25, 0.3) is 0 Å². The Kier molecular flexibility index (Phi) is 4.75. The highest BCUT2D eigenvalue weighted by Crippen LogP contribution is 2.20. The van der Waals surface area contributed by atoms with Gasteiger partial charge in [-0.3, -0.25) is 4.79 Å². The summed E-state index contributed by atoms with van der Waals surface area (Å²) in [6.07, 6.45) is -0.285. The number of aliphatic hydroxyl groups is 1. The molecule has 1 rings (SSSR count). The Hall–Kier alpha value is -0.650. The highest BCUT2D eigenvalue weighted by atomic mass is 16.5. The number of rotatable bonds is 3. The van der Waals surface area contributed by atoms with E-state index in [1.54, 1.807) is 4.90 Å². The quantitative estimate of drug-likeness (QED) is 0.768. The van der Waals surface area contributed by atoms with E-state index < -0.39 is 5.60 Å². The number of nitrogens with one attached hydrogen (secondary N) is 1. The second-order valence-electron chi connectivity index (χ2n) is 6.56. The maximum absolute atomic E-state index is 12.1. The van der Waals surface area contributed by atoms with Crippen LogP contribution in [0.2, 0.25) is 0 Å². The topological polar surface area (TPSA) is 61.8 Å². The first-order valence-electron chi connectivity index (χ1n) is 6.44. The molecule has 5 heteroatoms. The van der Waals surface area contributed by atoms with E-state index in [4.69, 9.17) is 4.74 Å². The Morgan fingerprint density at radius 1 is 1.50 bits per heavy atom. The van der Waals surface area contributed by atoms with Crippen LogP contribution in [0.1, 0.15) is 34.6 Å². The molecule has 1 aliphatic rings. The number of aliphatic hydroxyl groups excluding tert-OH is 1. The van der Waals surface area contributed by atoms with Crippen LogP contribution in [0.25, 0.3) is 0 Å². The monoisotopic (exact) mass is 258 g/mol. The molecule has 1 saturated heterocycles. The van der Waals surface area contributed by atoms with Gasteiger partial charge in [-0.1, -0.05) is 0 Å². The van der Waals surface area contributed by atoms with Crippen LogP contribution in [-0.4, -0.2) is 59.4 Å². The summed E-state index contributed by atoms with van der Waals surface area (Å²) in [5, 5.41) is 12.4. The second-order valence-corrected chi connectivity index (χ2v) is 6.56. The van der Waals surface area contributed by atoms with Gasteiger partial charge in [-0.05, 0) is 34.6 Å². The molecular weight excluding hydrogens is 232 g/mol. The summed E-state index contributed by atoms with van der Waals surface area (Å²) in [4.78, 5) is 13.9. The van der Waals surface area contributed by atoms with Crippen molar-refractivity contribution in [1.29, 1.82) is 0 Å². The van der Waals surface area contributed by atoms with E-state index in [1.807, 2.05) is 34.6 Å². The van der Waals surface area contributed by atoms with Crippen LogP contribution < -0.4 is 5.32 Å². The third-order valence-electron chi connectivity index (χ3n) is 2.81. The Balaban J connectivity index is 2.56. The largest absolute Gasteiger partial charge is 0.394 e. The zero-order valence-corrected chi connectivity index (χ0v) is 12.1. The Bertz CT molecular complexity index is 297. The minimum absolute atomic E-state index is 0.0553. The van der Waals surface area contributed by atoms with Crippen molar-refractivity contribution in [3.63, 3.8) is 0 Å². The molecule has 1 unspecified atom stereocenters. The summed E-state index contributed by atoms with van der Waals surface area (Å²) >= 11 is 0. The highest BCUT2D eigenvalue weighted by molar-refractivity contribution is 5.78. The lowest BCUT2D eigenvalue weighted by atomic mass is 10.0. The van der Waals surface area contributed by atoms with Crippen LogP contribution in [0.5, 0.6) is 0 Å². The summed E-state index contributed by atoms with van der Waals surface area (Å²) in [6.45, 7) is 11.2. The van der Waals surface area contributed by atoms with Gasteiger partial charge in [-0.15, -0.1) is 0 Å². The number of hydrogen-bond donors (Lipinski definition) is 2. The molecule has 0 aromatic carbocycles. The lowest BCUT2D eigenvalue weighted by molar-refractivity contribution is -0.166. The second kappa shape index (κ2) is 5.55. The summed E-state index contributed by atoms with van der Waals surface area (Å²) in [6, 6.07) is 0. The zero-order valence-electron chi connectivity index (χ0n) is 12.1. The molecule has 0 aliphatic carbocycles. The van der Waals surface area contributed by atoms with Gasteiger partial charge in [0.1, 0.15) is 0 Å². The first kappa shape index (κ1) is 15.4. The molecule has 1 aliphatic heterocycles. The van der Waals surface area contributed by atoms with Crippen LogP contribution in [-0.2, 0) is 9.53 Å². The van der Waals surface area contributed by atoms with Crippen LogP contribution in [0.4, 0.5) is 0 Å². The molecule has 2 N–H and O–H groups in total.